The molecule has 0 bridgehead atoms. The lowest BCUT2D eigenvalue weighted by molar-refractivity contribution is 0.332. The van der Waals surface area contributed by atoms with Gasteiger partial charge in [-0.1, -0.05) is 45.9 Å². The molecule has 0 heterocycles. The van der Waals surface area contributed by atoms with Crippen LogP contribution in [0.3, 0.4) is 0 Å². The highest BCUT2D eigenvalue weighted by Gasteiger charge is 2.17. The fourth-order valence-corrected chi connectivity index (χ4v) is 2.81. The van der Waals surface area contributed by atoms with Gasteiger partial charge in [-0.05, 0) is 42.7 Å². The summed E-state index contributed by atoms with van der Waals surface area (Å²) in [6.07, 6.45) is 4.61. The number of benzene rings is 1. The zero-order valence-electron chi connectivity index (χ0n) is 12.4. The molecule has 1 atom stereocenters. The molecule has 1 aromatic rings. The monoisotopic (exact) mass is 265 g/mol. The van der Waals surface area contributed by atoms with Crippen molar-refractivity contribution < 1.29 is 0 Å². The Bertz CT molecular complexity index is 354. The van der Waals surface area contributed by atoms with Crippen LogP contribution < -0.4 is 5.32 Å². The second kappa shape index (κ2) is 7.20. The number of thioether (sulfide) groups is 1. The van der Waals surface area contributed by atoms with E-state index >= 15 is 0 Å². The molecule has 0 amide bonds. The van der Waals surface area contributed by atoms with Gasteiger partial charge in [0, 0.05) is 10.9 Å². The lowest BCUT2D eigenvalue weighted by Crippen LogP contribution is -2.23. The average Bonchev–Trinajstić information content (AvgIpc) is 2.33. The molecule has 0 aliphatic rings. The van der Waals surface area contributed by atoms with E-state index < -0.39 is 0 Å². The molecule has 1 aromatic carbocycles. The van der Waals surface area contributed by atoms with Crippen LogP contribution in [0.2, 0.25) is 0 Å². The predicted octanol–water partition coefficient (Wildman–Crippen LogP) is 4.89. The molecule has 18 heavy (non-hydrogen) atoms. The summed E-state index contributed by atoms with van der Waals surface area (Å²) in [6, 6.07) is 9.25. The van der Waals surface area contributed by atoms with Gasteiger partial charge in [-0.2, -0.15) is 0 Å². The van der Waals surface area contributed by atoms with Crippen molar-refractivity contribution in [3.8, 4) is 0 Å². The fraction of sp³-hybridized carbons (Fsp3) is 0.625. The molecule has 0 spiro atoms. The van der Waals surface area contributed by atoms with Crippen molar-refractivity contribution in [1.29, 1.82) is 0 Å². The van der Waals surface area contributed by atoms with Gasteiger partial charge in [0.25, 0.3) is 0 Å². The van der Waals surface area contributed by atoms with Crippen LogP contribution in [0.4, 0.5) is 0 Å². The summed E-state index contributed by atoms with van der Waals surface area (Å²) in [5.74, 6) is 0. The van der Waals surface area contributed by atoms with Crippen LogP contribution in [0.5, 0.6) is 0 Å². The largest absolute Gasteiger partial charge is 0.310 e. The highest BCUT2D eigenvalue weighted by Crippen LogP contribution is 2.31. The zero-order valence-corrected chi connectivity index (χ0v) is 13.2. The smallest absolute Gasteiger partial charge is 0.0331 e. The van der Waals surface area contributed by atoms with Crippen molar-refractivity contribution in [2.75, 3.05) is 12.8 Å². The van der Waals surface area contributed by atoms with E-state index in [-0.39, 0.29) is 0 Å². The second-order valence-electron chi connectivity index (χ2n) is 5.95. The van der Waals surface area contributed by atoms with E-state index in [1.165, 1.54) is 23.3 Å². The molecule has 1 nitrogen and oxygen atoms in total. The van der Waals surface area contributed by atoms with Crippen LogP contribution in [-0.4, -0.2) is 12.8 Å². The van der Waals surface area contributed by atoms with Crippen LogP contribution >= 0.6 is 11.8 Å². The van der Waals surface area contributed by atoms with Crippen molar-refractivity contribution >= 4 is 11.8 Å². The maximum absolute atomic E-state index is 3.63. The van der Waals surface area contributed by atoms with Gasteiger partial charge < -0.3 is 5.32 Å². The maximum Gasteiger partial charge on any atom is 0.0331 e. The first-order valence-corrected chi connectivity index (χ1v) is 8.06. The third-order valence-corrected chi connectivity index (χ3v) is 3.96. The fourth-order valence-electron chi connectivity index (χ4n) is 2.15. The summed E-state index contributed by atoms with van der Waals surface area (Å²) in [6.45, 7) is 10.2. The highest BCUT2D eigenvalue weighted by molar-refractivity contribution is 7.98. The minimum atomic E-state index is 0.405. The summed E-state index contributed by atoms with van der Waals surface area (Å²) in [5.41, 5.74) is 1.86. The zero-order chi connectivity index (χ0) is 13.6. The summed E-state index contributed by atoms with van der Waals surface area (Å²) >= 11 is 1.84. The summed E-state index contributed by atoms with van der Waals surface area (Å²) in [5, 5.41) is 3.63. The molecule has 0 aliphatic heterocycles. The topological polar surface area (TPSA) is 12.0 Å². The molecule has 0 saturated heterocycles. The van der Waals surface area contributed by atoms with Crippen molar-refractivity contribution in [3.63, 3.8) is 0 Å². The Balaban J connectivity index is 2.83. The molecule has 0 fully saturated rings. The Kier molecular flexibility index (Phi) is 6.24. The molecular formula is C16H27NS. The van der Waals surface area contributed by atoms with Gasteiger partial charge in [-0.15, -0.1) is 11.8 Å². The first-order valence-electron chi connectivity index (χ1n) is 6.84. The minimum absolute atomic E-state index is 0.405. The van der Waals surface area contributed by atoms with Crippen LogP contribution in [0, 0.1) is 5.41 Å². The molecule has 0 saturated carbocycles. The normalized spacial score (nSPS) is 13.6. The number of hydrogen-bond acceptors (Lipinski definition) is 2. The lowest BCUT2D eigenvalue weighted by Gasteiger charge is -2.25. The standard InChI is InChI=1S/C16H27NS/c1-6-17-14(11-12-16(2,3)4)13-9-7-8-10-15(13)18-5/h7-10,14,17H,6,11-12H2,1-5H3. The Morgan fingerprint density at radius 1 is 1.22 bits per heavy atom. The number of hydrogen-bond donors (Lipinski definition) is 1. The van der Waals surface area contributed by atoms with Crippen LogP contribution in [-0.2, 0) is 0 Å². The van der Waals surface area contributed by atoms with E-state index in [1.807, 2.05) is 11.8 Å². The molecular weight excluding hydrogens is 238 g/mol. The van der Waals surface area contributed by atoms with E-state index in [0.717, 1.165) is 6.54 Å². The van der Waals surface area contributed by atoms with E-state index in [2.05, 4.69) is 63.5 Å². The van der Waals surface area contributed by atoms with Crippen molar-refractivity contribution in [2.45, 2.75) is 51.5 Å². The van der Waals surface area contributed by atoms with Crippen LogP contribution in [0.1, 0.15) is 52.1 Å². The Morgan fingerprint density at radius 2 is 1.89 bits per heavy atom. The Labute approximate surface area is 117 Å². The Morgan fingerprint density at radius 3 is 2.44 bits per heavy atom. The van der Waals surface area contributed by atoms with Gasteiger partial charge in [0.15, 0.2) is 0 Å². The van der Waals surface area contributed by atoms with E-state index in [0.29, 0.717) is 11.5 Å². The number of rotatable bonds is 6. The lowest BCUT2D eigenvalue weighted by atomic mass is 9.87. The van der Waals surface area contributed by atoms with Gasteiger partial charge in [0.05, 0.1) is 0 Å². The molecule has 2 heteroatoms. The minimum Gasteiger partial charge on any atom is -0.310 e. The van der Waals surface area contributed by atoms with Crippen molar-refractivity contribution in [1.82, 2.24) is 5.32 Å². The summed E-state index contributed by atoms with van der Waals surface area (Å²) in [7, 11) is 0. The third kappa shape index (κ3) is 5.03. The van der Waals surface area contributed by atoms with Gasteiger partial charge in [-0.3, -0.25) is 0 Å². The molecule has 102 valence electrons. The molecule has 0 aromatic heterocycles. The first kappa shape index (κ1) is 15.6. The van der Waals surface area contributed by atoms with Gasteiger partial charge >= 0.3 is 0 Å². The van der Waals surface area contributed by atoms with E-state index in [1.54, 1.807) is 0 Å². The summed E-state index contributed by atoms with van der Waals surface area (Å²) in [4.78, 5) is 1.40. The SMILES string of the molecule is CCNC(CCC(C)(C)C)c1ccccc1SC. The van der Waals surface area contributed by atoms with Gasteiger partial charge in [-0.25, -0.2) is 0 Å². The number of nitrogens with one attached hydrogen (secondary N) is 1. The van der Waals surface area contributed by atoms with E-state index in [4.69, 9.17) is 0 Å². The molecule has 1 rings (SSSR count). The van der Waals surface area contributed by atoms with Gasteiger partial charge in [0.1, 0.15) is 0 Å². The molecule has 0 radical (unpaired) electrons. The average molecular weight is 265 g/mol. The second-order valence-corrected chi connectivity index (χ2v) is 6.80. The van der Waals surface area contributed by atoms with E-state index in [9.17, 15) is 0 Å². The highest BCUT2D eigenvalue weighted by atomic mass is 32.2. The third-order valence-electron chi connectivity index (χ3n) is 3.15. The van der Waals surface area contributed by atoms with Crippen LogP contribution in [0.25, 0.3) is 0 Å². The summed E-state index contributed by atoms with van der Waals surface area (Å²) < 4.78 is 0. The maximum atomic E-state index is 3.63. The van der Waals surface area contributed by atoms with Crippen molar-refractivity contribution in [2.24, 2.45) is 5.41 Å². The molecule has 1 N–H and O–H groups in total. The predicted molar refractivity (Wildman–Crippen MR) is 83.3 cm³/mol. The molecule has 0 aliphatic carbocycles. The van der Waals surface area contributed by atoms with Gasteiger partial charge in [0.2, 0.25) is 0 Å². The quantitative estimate of drug-likeness (QED) is 0.735. The van der Waals surface area contributed by atoms with Crippen molar-refractivity contribution in [3.05, 3.63) is 29.8 Å². The Hall–Kier alpha value is -0.470. The first-order chi connectivity index (χ1) is 8.48. The molecule has 1 unspecified atom stereocenters. The van der Waals surface area contributed by atoms with Crippen LogP contribution in [0.15, 0.2) is 29.2 Å².